The monoisotopic (exact) mass is 722 g/mol. The molecule has 0 aliphatic carbocycles. The Labute approximate surface area is 115 Å². The standard InChI is InChI=1S/Au.Co.Cu.Pd.Pt.Ru. The summed E-state index contributed by atoms with van der Waals surface area (Å²) in [7, 11) is 0. The van der Waals surface area contributed by atoms with E-state index >= 15 is 0 Å². The van der Waals surface area contributed by atoms with Gasteiger partial charge < -0.3 is 0 Å². The fraction of sp³-hybridized carbons (Fsp3) is 0. The Hall–Kier alpha value is 3.74. The van der Waals surface area contributed by atoms with Crippen LogP contribution < -0.4 is 0 Å². The van der Waals surface area contributed by atoms with Crippen LogP contribution in [0.15, 0.2) is 0 Å². The summed E-state index contributed by atoms with van der Waals surface area (Å²) in [6.07, 6.45) is 0. The average molecular weight is 722 g/mol. The van der Waals surface area contributed by atoms with E-state index in [0.717, 1.165) is 0 Å². The first-order valence-electron chi connectivity index (χ1n) is 0. The molecule has 0 amide bonds. The Bertz CT molecular complexity index is 15.5. The summed E-state index contributed by atoms with van der Waals surface area (Å²) in [6, 6.07) is 0. The van der Waals surface area contributed by atoms with Crippen molar-refractivity contribution in [2.45, 2.75) is 0 Å². The first kappa shape index (κ1) is 53.2. The Morgan fingerprint density at radius 2 is 1.00 bits per heavy atom. The molecule has 0 aliphatic heterocycles. The predicted octanol–water partition coefficient (Wildman–Crippen LogP) is -0.0150. The predicted molar refractivity (Wildman–Crippen MR) is 0 cm³/mol. The zero-order valence-electron chi connectivity index (χ0n) is 1.92. The minimum absolute atomic E-state index is 0. The summed E-state index contributed by atoms with van der Waals surface area (Å²) in [5.74, 6) is 0. The molecule has 0 N–H and O–H groups in total. The summed E-state index contributed by atoms with van der Waals surface area (Å²) in [5.41, 5.74) is 0. The molecular formula is AuCoCuPdPtRu. The third-order valence-electron chi connectivity index (χ3n) is 0. The van der Waals surface area contributed by atoms with Crippen molar-refractivity contribution in [3.8, 4) is 0 Å². The van der Waals surface area contributed by atoms with Gasteiger partial charge in [0.2, 0.25) is 0 Å². The Morgan fingerprint density at radius 3 is 1.00 bits per heavy atom. The fourth-order valence-corrected chi connectivity index (χ4v) is 0. The van der Waals surface area contributed by atoms with Crippen molar-refractivity contribution in [3.05, 3.63) is 0 Å². The van der Waals surface area contributed by atoms with E-state index in [4.69, 9.17) is 0 Å². The zero-order chi connectivity index (χ0) is 0. The van der Waals surface area contributed by atoms with Crippen molar-refractivity contribution >= 4 is 0 Å². The van der Waals surface area contributed by atoms with Crippen molar-refractivity contribution in [2.75, 3.05) is 0 Å². The minimum atomic E-state index is 0. The number of rotatable bonds is 0. The van der Waals surface area contributed by atoms with Crippen LogP contribution in [0.25, 0.3) is 0 Å². The van der Waals surface area contributed by atoms with Crippen molar-refractivity contribution < 1.29 is 117 Å². The Balaban J connectivity index is 0. The molecule has 0 bridgehead atoms. The molecular weight excluding hydrogens is 722 g/mol. The molecule has 0 aromatic carbocycles. The molecule has 0 rings (SSSR count). The molecule has 0 heterocycles. The van der Waals surface area contributed by atoms with Crippen molar-refractivity contribution in [1.82, 2.24) is 0 Å². The Kier molecular flexibility index (Phi) is 332. The van der Waals surface area contributed by atoms with Gasteiger partial charge in [0.15, 0.2) is 0 Å². The van der Waals surface area contributed by atoms with Gasteiger partial charge in [0, 0.05) is 117 Å². The summed E-state index contributed by atoms with van der Waals surface area (Å²) >= 11 is 0. The molecule has 0 saturated heterocycles. The topological polar surface area (TPSA) is 0 Å². The molecule has 0 aromatic heterocycles. The maximum Gasteiger partial charge on any atom is 0 e. The number of hydrogen-bond acceptors (Lipinski definition) is 0. The van der Waals surface area contributed by atoms with E-state index < -0.39 is 0 Å². The van der Waals surface area contributed by atoms with Crippen molar-refractivity contribution in [2.24, 2.45) is 0 Å². The minimum Gasteiger partial charge on any atom is 0 e. The van der Waals surface area contributed by atoms with Crippen molar-refractivity contribution in [3.63, 3.8) is 0 Å². The van der Waals surface area contributed by atoms with Crippen LogP contribution in [0.1, 0.15) is 0 Å². The maximum atomic E-state index is 0. The van der Waals surface area contributed by atoms with Gasteiger partial charge in [-0.05, 0) is 0 Å². The fourth-order valence-electron chi connectivity index (χ4n) is 0. The molecule has 0 fully saturated rings. The van der Waals surface area contributed by atoms with Crippen LogP contribution in [0.2, 0.25) is 0 Å². The van der Waals surface area contributed by atoms with Crippen LogP contribution in [0, 0.1) is 0 Å². The maximum absolute atomic E-state index is 0. The van der Waals surface area contributed by atoms with Gasteiger partial charge in [-0.25, -0.2) is 0 Å². The van der Waals surface area contributed by atoms with Crippen LogP contribution in [-0.2, 0) is 117 Å². The molecule has 59 valence electrons. The molecule has 0 atom stereocenters. The number of hydrogen-bond donors (Lipinski definition) is 0. The van der Waals surface area contributed by atoms with E-state index in [2.05, 4.69) is 0 Å². The zero-order valence-corrected chi connectivity index (χ0v) is 11.6. The third-order valence-corrected chi connectivity index (χ3v) is 0. The van der Waals surface area contributed by atoms with E-state index in [1.54, 1.807) is 0 Å². The molecule has 0 saturated carbocycles. The normalized spacial score (nSPS) is 0. The van der Waals surface area contributed by atoms with Crippen LogP contribution in [-0.4, -0.2) is 0 Å². The van der Waals surface area contributed by atoms with Crippen LogP contribution in [0.3, 0.4) is 0 Å². The molecule has 6 heavy (non-hydrogen) atoms. The second-order valence-corrected chi connectivity index (χ2v) is 0. The van der Waals surface area contributed by atoms with E-state index in [-0.39, 0.29) is 117 Å². The quantitative estimate of drug-likeness (QED) is 0.309. The SMILES string of the molecule is [Au].[Co].[Cu].[Pd].[Pt].[Ru]. The molecule has 6 heteroatoms. The van der Waals surface area contributed by atoms with Gasteiger partial charge >= 0.3 is 0 Å². The molecule has 0 aliphatic rings. The average Bonchev–Trinajstić information content (AvgIpc) is 0. The van der Waals surface area contributed by atoms with Crippen LogP contribution in [0.5, 0.6) is 0 Å². The van der Waals surface area contributed by atoms with Crippen LogP contribution in [0.4, 0.5) is 0 Å². The molecule has 0 unspecified atom stereocenters. The van der Waals surface area contributed by atoms with Gasteiger partial charge in [-0.3, -0.25) is 0 Å². The Morgan fingerprint density at radius 1 is 1.00 bits per heavy atom. The van der Waals surface area contributed by atoms with Gasteiger partial charge in [-0.15, -0.1) is 0 Å². The molecule has 0 spiro atoms. The van der Waals surface area contributed by atoms with E-state index in [9.17, 15) is 0 Å². The summed E-state index contributed by atoms with van der Waals surface area (Å²) in [6.45, 7) is 0. The summed E-state index contributed by atoms with van der Waals surface area (Å²) in [4.78, 5) is 0. The second kappa shape index (κ2) is 37.4. The van der Waals surface area contributed by atoms with E-state index in [1.165, 1.54) is 0 Å². The molecule has 0 aromatic rings. The van der Waals surface area contributed by atoms with Gasteiger partial charge in [0.05, 0.1) is 0 Å². The second-order valence-electron chi connectivity index (χ2n) is 0. The van der Waals surface area contributed by atoms with Gasteiger partial charge in [-0.1, -0.05) is 0 Å². The van der Waals surface area contributed by atoms with Gasteiger partial charge in [0.25, 0.3) is 0 Å². The first-order chi connectivity index (χ1) is 0. The first-order valence-corrected chi connectivity index (χ1v) is 0. The molecule has 0 nitrogen and oxygen atoms in total. The third kappa shape index (κ3) is 25.1. The van der Waals surface area contributed by atoms with E-state index in [0.29, 0.717) is 0 Å². The molecule has 3 radical (unpaired) electrons. The van der Waals surface area contributed by atoms with E-state index in [1.807, 2.05) is 0 Å². The largest absolute Gasteiger partial charge is 0 e. The summed E-state index contributed by atoms with van der Waals surface area (Å²) in [5, 5.41) is 0. The van der Waals surface area contributed by atoms with Gasteiger partial charge in [0.1, 0.15) is 0 Å². The van der Waals surface area contributed by atoms with Crippen molar-refractivity contribution in [1.29, 1.82) is 0 Å². The smallest absolute Gasteiger partial charge is 0 e. The summed E-state index contributed by atoms with van der Waals surface area (Å²) < 4.78 is 0. The van der Waals surface area contributed by atoms with Crippen LogP contribution >= 0.6 is 0 Å². The van der Waals surface area contributed by atoms with Gasteiger partial charge in [-0.2, -0.15) is 0 Å².